The van der Waals surface area contributed by atoms with Gasteiger partial charge in [-0.25, -0.2) is 4.98 Å². The molecule has 1 aliphatic heterocycles. The Kier molecular flexibility index (Phi) is 3.88. The maximum absolute atomic E-state index is 11.5. The molecule has 1 unspecified atom stereocenters. The van der Waals surface area contributed by atoms with Gasteiger partial charge in [0.2, 0.25) is 17.7 Å². The summed E-state index contributed by atoms with van der Waals surface area (Å²) in [6.07, 6.45) is 2.61. The van der Waals surface area contributed by atoms with Crippen LogP contribution in [0.3, 0.4) is 0 Å². The molecule has 6 heteroatoms. The number of ether oxygens (including phenoxy) is 1. The summed E-state index contributed by atoms with van der Waals surface area (Å²) in [7, 11) is 1.56. The molecule has 1 atom stereocenters. The van der Waals surface area contributed by atoms with E-state index in [9.17, 15) is 9.59 Å². The minimum absolute atomic E-state index is 0.204. The zero-order valence-electron chi connectivity index (χ0n) is 10.1. The van der Waals surface area contributed by atoms with Crippen molar-refractivity contribution in [3.63, 3.8) is 0 Å². The molecule has 0 aliphatic carbocycles. The average molecular weight is 249 g/mol. The fourth-order valence-corrected chi connectivity index (χ4v) is 1.77. The van der Waals surface area contributed by atoms with Gasteiger partial charge in [0.05, 0.1) is 13.2 Å². The van der Waals surface area contributed by atoms with Gasteiger partial charge in [0, 0.05) is 25.2 Å². The van der Waals surface area contributed by atoms with Gasteiger partial charge in [0.15, 0.2) is 0 Å². The van der Waals surface area contributed by atoms with Crippen molar-refractivity contribution in [2.24, 2.45) is 0 Å². The molecule has 2 heterocycles. The number of hydrogen-bond acceptors (Lipinski definition) is 5. The quantitative estimate of drug-likeness (QED) is 0.733. The predicted octanol–water partition coefficient (Wildman–Crippen LogP) is -0.0150. The fraction of sp³-hybridized carbons (Fsp3) is 0.417. The molecular weight excluding hydrogens is 234 g/mol. The van der Waals surface area contributed by atoms with Crippen molar-refractivity contribution in [1.29, 1.82) is 0 Å². The van der Waals surface area contributed by atoms with Crippen molar-refractivity contribution in [1.82, 2.24) is 15.6 Å². The molecule has 1 aromatic rings. The zero-order chi connectivity index (χ0) is 13.0. The van der Waals surface area contributed by atoms with Crippen LogP contribution in [0.15, 0.2) is 18.3 Å². The lowest BCUT2D eigenvalue weighted by atomic mass is 10.1. The molecule has 2 rings (SSSR count). The van der Waals surface area contributed by atoms with Crippen LogP contribution in [0.25, 0.3) is 0 Å². The van der Waals surface area contributed by atoms with Crippen molar-refractivity contribution in [3.8, 4) is 5.88 Å². The van der Waals surface area contributed by atoms with E-state index < -0.39 is 0 Å². The van der Waals surface area contributed by atoms with Crippen molar-refractivity contribution < 1.29 is 14.3 Å². The Balaban J connectivity index is 1.87. The Morgan fingerprint density at radius 3 is 2.94 bits per heavy atom. The second-order valence-electron chi connectivity index (χ2n) is 4.09. The summed E-state index contributed by atoms with van der Waals surface area (Å²) >= 11 is 0. The first-order valence-electron chi connectivity index (χ1n) is 5.75. The normalized spacial score (nSPS) is 19.5. The third-order valence-corrected chi connectivity index (χ3v) is 2.80. The SMILES string of the molecule is COc1ccc(CNC2CCC(=O)NC2=O)cn1. The third-order valence-electron chi connectivity index (χ3n) is 2.80. The first-order valence-corrected chi connectivity index (χ1v) is 5.75. The number of rotatable bonds is 4. The maximum atomic E-state index is 11.5. The van der Waals surface area contributed by atoms with Crippen LogP contribution in [0.2, 0.25) is 0 Å². The van der Waals surface area contributed by atoms with Crippen LogP contribution in [-0.4, -0.2) is 29.9 Å². The summed E-state index contributed by atoms with van der Waals surface area (Å²) in [5.74, 6) is 0.0941. The third kappa shape index (κ3) is 3.04. The van der Waals surface area contributed by atoms with Crippen LogP contribution in [0, 0.1) is 0 Å². The Labute approximate surface area is 105 Å². The smallest absolute Gasteiger partial charge is 0.243 e. The number of hydrogen-bond donors (Lipinski definition) is 2. The van der Waals surface area contributed by atoms with E-state index in [-0.39, 0.29) is 17.9 Å². The molecule has 1 fully saturated rings. The van der Waals surface area contributed by atoms with Gasteiger partial charge in [0.25, 0.3) is 0 Å². The number of methoxy groups -OCH3 is 1. The predicted molar refractivity (Wildman–Crippen MR) is 63.8 cm³/mol. The standard InChI is InChI=1S/C12H15N3O3/c1-18-11-5-2-8(7-14-11)6-13-9-3-4-10(16)15-12(9)17/h2,5,7,9,13H,3-4,6H2,1H3,(H,15,16,17). The molecule has 0 aromatic carbocycles. The minimum atomic E-state index is -0.315. The second kappa shape index (κ2) is 5.59. The monoisotopic (exact) mass is 249 g/mol. The number of pyridine rings is 1. The molecule has 1 saturated heterocycles. The summed E-state index contributed by atoms with van der Waals surface area (Å²) in [6, 6.07) is 3.33. The molecule has 0 saturated carbocycles. The summed E-state index contributed by atoms with van der Waals surface area (Å²) in [4.78, 5) is 26.6. The number of carbonyl (C=O) groups excluding carboxylic acids is 2. The number of nitrogens with zero attached hydrogens (tertiary/aromatic N) is 1. The number of carbonyl (C=O) groups is 2. The Hall–Kier alpha value is -1.95. The van der Waals surface area contributed by atoms with E-state index >= 15 is 0 Å². The van der Waals surface area contributed by atoms with Gasteiger partial charge in [-0.2, -0.15) is 0 Å². The molecule has 0 bridgehead atoms. The van der Waals surface area contributed by atoms with E-state index in [1.165, 1.54) is 0 Å². The Bertz CT molecular complexity index is 444. The van der Waals surface area contributed by atoms with Crippen LogP contribution in [0.5, 0.6) is 5.88 Å². The number of piperidine rings is 1. The first-order chi connectivity index (χ1) is 8.69. The van der Waals surface area contributed by atoms with E-state index in [0.717, 1.165) is 5.56 Å². The molecule has 6 nitrogen and oxygen atoms in total. The zero-order valence-corrected chi connectivity index (χ0v) is 10.1. The van der Waals surface area contributed by atoms with Gasteiger partial charge in [0.1, 0.15) is 0 Å². The minimum Gasteiger partial charge on any atom is -0.481 e. The molecular formula is C12H15N3O3. The van der Waals surface area contributed by atoms with Crippen LogP contribution in [0.4, 0.5) is 0 Å². The first kappa shape index (κ1) is 12.5. The highest BCUT2D eigenvalue weighted by Crippen LogP contribution is 2.08. The van der Waals surface area contributed by atoms with E-state index in [2.05, 4.69) is 15.6 Å². The van der Waals surface area contributed by atoms with Gasteiger partial charge in [-0.05, 0) is 12.0 Å². The van der Waals surface area contributed by atoms with Gasteiger partial charge < -0.3 is 10.1 Å². The lowest BCUT2D eigenvalue weighted by Crippen LogP contribution is -2.50. The summed E-state index contributed by atoms with van der Waals surface area (Å²) in [5, 5.41) is 5.41. The number of nitrogens with one attached hydrogen (secondary N) is 2. The summed E-state index contributed by atoms with van der Waals surface area (Å²) in [5.41, 5.74) is 0.959. The molecule has 96 valence electrons. The highest BCUT2D eigenvalue weighted by Gasteiger charge is 2.25. The van der Waals surface area contributed by atoms with E-state index in [0.29, 0.717) is 25.3 Å². The molecule has 1 aromatic heterocycles. The van der Waals surface area contributed by atoms with Crippen molar-refractivity contribution in [2.75, 3.05) is 7.11 Å². The van der Waals surface area contributed by atoms with Crippen LogP contribution >= 0.6 is 0 Å². The average Bonchev–Trinajstić information content (AvgIpc) is 2.38. The maximum Gasteiger partial charge on any atom is 0.243 e. The van der Waals surface area contributed by atoms with Crippen LogP contribution in [0.1, 0.15) is 18.4 Å². The molecule has 0 spiro atoms. The van der Waals surface area contributed by atoms with Gasteiger partial charge in [-0.15, -0.1) is 0 Å². The Morgan fingerprint density at radius 2 is 2.33 bits per heavy atom. The highest BCUT2D eigenvalue weighted by atomic mass is 16.5. The number of imide groups is 1. The molecule has 2 N–H and O–H groups in total. The summed E-state index contributed by atoms with van der Waals surface area (Å²) in [6.45, 7) is 0.531. The Morgan fingerprint density at radius 1 is 1.50 bits per heavy atom. The molecule has 1 aliphatic rings. The van der Waals surface area contributed by atoms with Crippen LogP contribution < -0.4 is 15.4 Å². The van der Waals surface area contributed by atoms with Gasteiger partial charge >= 0.3 is 0 Å². The van der Waals surface area contributed by atoms with Gasteiger partial charge in [-0.3, -0.25) is 14.9 Å². The lowest BCUT2D eigenvalue weighted by molar-refractivity contribution is -0.134. The summed E-state index contributed by atoms with van der Waals surface area (Å²) < 4.78 is 4.96. The molecule has 0 radical (unpaired) electrons. The number of amides is 2. The largest absolute Gasteiger partial charge is 0.481 e. The van der Waals surface area contributed by atoms with E-state index in [1.54, 1.807) is 19.4 Å². The van der Waals surface area contributed by atoms with Crippen LogP contribution in [-0.2, 0) is 16.1 Å². The molecule has 18 heavy (non-hydrogen) atoms. The topological polar surface area (TPSA) is 80.3 Å². The van der Waals surface area contributed by atoms with E-state index in [1.807, 2.05) is 6.07 Å². The lowest BCUT2D eigenvalue weighted by Gasteiger charge is -2.21. The number of aromatic nitrogens is 1. The van der Waals surface area contributed by atoms with Crippen molar-refractivity contribution in [2.45, 2.75) is 25.4 Å². The highest BCUT2D eigenvalue weighted by molar-refractivity contribution is 6.00. The van der Waals surface area contributed by atoms with Crippen molar-refractivity contribution >= 4 is 11.8 Å². The fourth-order valence-electron chi connectivity index (χ4n) is 1.77. The van der Waals surface area contributed by atoms with E-state index in [4.69, 9.17) is 4.74 Å². The second-order valence-corrected chi connectivity index (χ2v) is 4.09. The molecule has 2 amide bonds. The van der Waals surface area contributed by atoms with Gasteiger partial charge in [-0.1, -0.05) is 6.07 Å². The van der Waals surface area contributed by atoms with Crippen molar-refractivity contribution in [3.05, 3.63) is 23.9 Å².